The molecule has 2 rings (SSSR count). The molecule has 0 aliphatic heterocycles. The largest absolute Gasteiger partial charge is 0.388 e. The molecule has 0 saturated heterocycles. The van der Waals surface area contributed by atoms with Crippen LogP contribution < -0.4 is 10.3 Å². The summed E-state index contributed by atoms with van der Waals surface area (Å²) in [6.45, 7) is 4.79. The predicted octanol–water partition coefficient (Wildman–Crippen LogP) is 5.29. The number of halogens is 2. The van der Waals surface area contributed by atoms with Crippen LogP contribution >= 0.6 is 23.2 Å². The molecular formula is C17H19Cl2N3. The Bertz CT molecular complexity index is 666. The number of nitrogens with one attached hydrogen (secondary N) is 1. The number of benzene rings is 2. The highest BCUT2D eigenvalue weighted by molar-refractivity contribution is 6.31. The number of nitrogens with zero attached hydrogens (tertiary/aromatic N) is 2. The minimum Gasteiger partial charge on any atom is -0.388 e. The molecule has 1 N–H and O–H groups in total. The van der Waals surface area contributed by atoms with E-state index in [0.717, 1.165) is 29.2 Å². The lowest BCUT2D eigenvalue weighted by Gasteiger charge is -2.19. The molecule has 2 aromatic rings. The lowest BCUT2D eigenvalue weighted by molar-refractivity contribution is 0.892. The van der Waals surface area contributed by atoms with E-state index in [1.54, 1.807) is 0 Å². The highest BCUT2D eigenvalue weighted by atomic mass is 35.5. The molecule has 0 amide bonds. The maximum absolute atomic E-state index is 6.11. The van der Waals surface area contributed by atoms with Gasteiger partial charge >= 0.3 is 0 Å². The van der Waals surface area contributed by atoms with Crippen molar-refractivity contribution in [2.24, 2.45) is 5.10 Å². The fourth-order valence-electron chi connectivity index (χ4n) is 2.19. The maximum atomic E-state index is 6.11. The summed E-state index contributed by atoms with van der Waals surface area (Å²) < 4.78 is 0. The Kier molecular flexibility index (Phi) is 5.69. The molecule has 0 saturated carbocycles. The monoisotopic (exact) mass is 335 g/mol. The van der Waals surface area contributed by atoms with Gasteiger partial charge in [-0.3, -0.25) is 5.01 Å². The molecule has 0 aliphatic carbocycles. The molecule has 0 heterocycles. The smallest absolute Gasteiger partial charge is 0.0672 e. The SMILES string of the molecule is CCN(/N=C(\C)c1cc(Cl)ccc1NC)c1ccc(Cl)cc1. The van der Waals surface area contributed by atoms with Gasteiger partial charge in [0, 0.05) is 34.9 Å². The highest BCUT2D eigenvalue weighted by Gasteiger charge is 2.09. The van der Waals surface area contributed by atoms with E-state index in [2.05, 4.69) is 12.2 Å². The summed E-state index contributed by atoms with van der Waals surface area (Å²) in [6, 6.07) is 13.4. The summed E-state index contributed by atoms with van der Waals surface area (Å²) in [5.41, 5.74) is 3.88. The van der Waals surface area contributed by atoms with Gasteiger partial charge in [0.05, 0.1) is 11.4 Å². The fourth-order valence-corrected chi connectivity index (χ4v) is 2.49. The first-order valence-corrected chi connectivity index (χ1v) is 7.86. The molecule has 0 bridgehead atoms. The number of anilines is 2. The average molecular weight is 336 g/mol. The van der Waals surface area contributed by atoms with Gasteiger partial charge in [-0.2, -0.15) is 5.10 Å². The molecular weight excluding hydrogens is 317 g/mol. The Balaban J connectivity index is 2.37. The molecule has 0 unspecified atom stereocenters. The van der Waals surface area contributed by atoms with Crippen molar-refractivity contribution in [2.45, 2.75) is 13.8 Å². The van der Waals surface area contributed by atoms with E-state index in [-0.39, 0.29) is 0 Å². The lowest BCUT2D eigenvalue weighted by Crippen LogP contribution is -2.18. The predicted molar refractivity (Wildman–Crippen MR) is 97.7 cm³/mol. The Morgan fingerprint density at radius 2 is 1.73 bits per heavy atom. The van der Waals surface area contributed by atoms with Crippen LogP contribution in [0, 0.1) is 0 Å². The minimum absolute atomic E-state index is 0.693. The molecule has 116 valence electrons. The Labute approximate surface area is 141 Å². The molecule has 0 aromatic heterocycles. The van der Waals surface area contributed by atoms with Crippen LogP contribution in [0.4, 0.5) is 11.4 Å². The van der Waals surface area contributed by atoms with Crippen molar-refractivity contribution < 1.29 is 0 Å². The number of hydrazone groups is 1. The van der Waals surface area contributed by atoms with Crippen LogP contribution in [0.3, 0.4) is 0 Å². The van der Waals surface area contributed by atoms with Gasteiger partial charge in [0.2, 0.25) is 0 Å². The second-order valence-electron chi connectivity index (χ2n) is 4.82. The van der Waals surface area contributed by atoms with Crippen LogP contribution in [-0.4, -0.2) is 19.3 Å². The average Bonchev–Trinajstić information content (AvgIpc) is 2.53. The lowest BCUT2D eigenvalue weighted by atomic mass is 10.1. The van der Waals surface area contributed by atoms with Gasteiger partial charge in [-0.15, -0.1) is 0 Å². The van der Waals surface area contributed by atoms with Crippen molar-refractivity contribution in [3.63, 3.8) is 0 Å². The van der Waals surface area contributed by atoms with Crippen molar-refractivity contribution in [3.05, 3.63) is 58.1 Å². The van der Waals surface area contributed by atoms with Crippen molar-refractivity contribution >= 4 is 40.3 Å². The zero-order chi connectivity index (χ0) is 16.1. The van der Waals surface area contributed by atoms with Gasteiger partial charge in [-0.1, -0.05) is 23.2 Å². The Morgan fingerprint density at radius 3 is 2.32 bits per heavy atom. The summed E-state index contributed by atoms with van der Waals surface area (Å²) in [6.07, 6.45) is 0. The van der Waals surface area contributed by atoms with E-state index in [1.165, 1.54) is 0 Å². The van der Waals surface area contributed by atoms with Crippen molar-refractivity contribution in [1.82, 2.24) is 0 Å². The summed E-state index contributed by atoms with van der Waals surface area (Å²) in [5, 5.41) is 11.2. The van der Waals surface area contributed by atoms with Crippen molar-refractivity contribution in [3.8, 4) is 0 Å². The molecule has 0 radical (unpaired) electrons. The van der Waals surface area contributed by atoms with E-state index < -0.39 is 0 Å². The third-order valence-electron chi connectivity index (χ3n) is 3.34. The second kappa shape index (κ2) is 7.52. The summed E-state index contributed by atoms with van der Waals surface area (Å²) in [5.74, 6) is 0. The van der Waals surface area contributed by atoms with E-state index in [9.17, 15) is 0 Å². The Hall–Kier alpha value is -1.71. The third-order valence-corrected chi connectivity index (χ3v) is 3.82. The van der Waals surface area contributed by atoms with Crippen LogP contribution in [0.5, 0.6) is 0 Å². The first-order chi connectivity index (χ1) is 10.5. The quantitative estimate of drug-likeness (QED) is 0.594. The molecule has 0 fully saturated rings. The zero-order valence-electron chi connectivity index (χ0n) is 12.9. The Morgan fingerprint density at radius 1 is 1.09 bits per heavy atom. The van der Waals surface area contributed by atoms with Crippen LogP contribution in [0.15, 0.2) is 47.6 Å². The first-order valence-electron chi connectivity index (χ1n) is 7.11. The van der Waals surface area contributed by atoms with Crippen LogP contribution in [0.25, 0.3) is 0 Å². The first kappa shape index (κ1) is 16.7. The maximum Gasteiger partial charge on any atom is 0.0672 e. The molecule has 2 aromatic carbocycles. The van der Waals surface area contributed by atoms with E-state index in [4.69, 9.17) is 28.3 Å². The van der Waals surface area contributed by atoms with Crippen molar-refractivity contribution in [1.29, 1.82) is 0 Å². The van der Waals surface area contributed by atoms with Gasteiger partial charge in [-0.25, -0.2) is 0 Å². The number of hydrogen-bond acceptors (Lipinski definition) is 3. The van der Waals surface area contributed by atoms with Gasteiger partial charge in [0.1, 0.15) is 0 Å². The molecule has 3 nitrogen and oxygen atoms in total. The highest BCUT2D eigenvalue weighted by Crippen LogP contribution is 2.23. The molecule has 0 aliphatic rings. The topological polar surface area (TPSA) is 27.6 Å². The zero-order valence-corrected chi connectivity index (χ0v) is 14.4. The summed E-state index contributed by atoms with van der Waals surface area (Å²) in [4.78, 5) is 0. The van der Waals surface area contributed by atoms with E-state index in [0.29, 0.717) is 10.0 Å². The summed E-state index contributed by atoms with van der Waals surface area (Å²) in [7, 11) is 1.89. The van der Waals surface area contributed by atoms with Gasteiger partial charge in [0.15, 0.2) is 0 Å². The number of rotatable bonds is 5. The van der Waals surface area contributed by atoms with E-state index >= 15 is 0 Å². The van der Waals surface area contributed by atoms with Gasteiger partial charge in [0.25, 0.3) is 0 Å². The fraction of sp³-hybridized carbons (Fsp3) is 0.235. The van der Waals surface area contributed by atoms with Gasteiger partial charge in [-0.05, 0) is 56.3 Å². The van der Waals surface area contributed by atoms with Gasteiger partial charge < -0.3 is 5.32 Å². The number of hydrogen-bond donors (Lipinski definition) is 1. The second-order valence-corrected chi connectivity index (χ2v) is 5.69. The van der Waals surface area contributed by atoms with Crippen LogP contribution in [0.1, 0.15) is 19.4 Å². The minimum atomic E-state index is 0.693. The molecule has 5 heteroatoms. The normalized spacial score (nSPS) is 11.4. The molecule has 0 spiro atoms. The third kappa shape index (κ3) is 3.93. The molecule has 0 atom stereocenters. The van der Waals surface area contributed by atoms with Crippen molar-refractivity contribution in [2.75, 3.05) is 23.9 Å². The molecule has 22 heavy (non-hydrogen) atoms. The van der Waals surface area contributed by atoms with Crippen LogP contribution in [0.2, 0.25) is 10.0 Å². The van der Waals surface area contributed by atoms with Crippen LogP contribution in [-0.2, 0) is 0 Å². The summed E-state index contributed by atoms with van der Waals surface area (Å²) >= 11 is 12.1. The van der Waals surface area contributed by atoms with E-state index in [1.807, 2.05) is 61.4 Å². The standard InChI is InChI=1S/C17H19Cl2N3/c1-4-22(15-8-5-13(18)6-9-15)21-12(2)16-11-14(19)7-10-17(16)20-3/h5-11,20H,4H2,1-3H3/b21-12+.